The summed E-state index contributed by atoms with van der Waals surface area (Å²) >= 11 is 15.5. The van der Waals surface area contributed by atoms with Gasteiger partial charge in [0.25, 0.3) is 0 Å². The van der Waals surface area contributed by atoms with E-state index in [1.165, 1.54) is 0 Å². The number of benzene rings is 2. The number of nitrogens with zero attached hydrogens (tertiary/aromatic N) is 2. The van der Waals surface area contributed by atoms with Gasteiger partial charge in [-0.25, -0.2) is 0 Å². The van der Waals surface area contributed by atoms with Crippen LogP contribution in [0.15, 0.2) is 46.9 Å². The Morgan fingerprint density at radius 2 is 1.62 bits per heavy atom. The molecule has 0 spiro atoms. The van der Waals surface area contributed by atoms with Crippen molar-refractivity contribution in [2.24, 2.45) is 0 Å². The predicted molar refractivity (Wildman–Crippen MR) is 103 cm³/mol. The monoisotopic (exact) mass is 426 g/mol. The first-order chi connectivity index (χ1) is 11.5. The van der Waals surface area contributed by atoms with Crippen LogP contribution in [0.2, 0.25) is 10.0 Å². The summed E-state index contributed by atoms with van der Waals surface area (Å²) in [6.45, 7) is 3.03. The SMILES string of the molecule is O=C(Cc1ccc(Br)cc1)N1CCN(c2ccc(Cl)c(Cl)c2)CC1. The summed E-state index contributed by atoms with van der Waals surface area (Å²) in [5.74, 6) is 0.172. The number of rotatable bonds is 3. The van der Waals surface area contributed by atoms with Crippen molar-refractivity contribution in [3.05, 3.63) is 62.5 Å². The minimum Gasteiger partial charge on any atom is -0.368 e. The lowest BCUT2D eigenvalue weighted by Crippen LogP contribution is -2.49. The van der Waals surface area contributed by atoms with E-state index >= 15 is 0 Å². The number of amides is 1. The topological polar surface area (TPSA) is 23.6 Å². The molecule has 1 amide bonds. The zero-order valence-corrected chi connectivity index (χ0v) is 16.1. The van der Waals surface area contributed by atoms with Gasteiger partial charge in [0, 0.05) is 36.3 Å². The van der Waals surface area contributed by atoms with Crippen molar-refractivity contribution in [2.75, 3.05) is 31.1 Å². The van der Waals surface area contributed by atoms with E-state index in [1.54, 1.807) is 0 Å². The molecule has 0 bridgehead atoms. The Hall–Kier alpha value is -1.23. The maximum atomic E-state index is 12.5. The van der Waals surface area contributed by atoms with E-state index in [2.05, 4.69) is 20.8 Å². The first-order valence-electron chi connectivity index (χ1n) is 7.75. The predicted octanol–water partition coefficient (Wildman–Crippen LogP) is 4.65. The first-order valence-corrected chi connectivity index (χ1v) is 9.30. The molecule has 126 valence electrons. The maximum absolute atomic E-state index is 12.5. The van der Waals surface area contributed by atoms with Gasteiger partial charge in [-0.2, -0.15) is 0 Å². The lowest BCUT2D eigenvalue weighted by molar-refractivity contribution is -0.130. The summed E-state index contributed by atoms with van der Waals surface area (Å²) in [7, 11) is 0. The highest BCUT2D eigenvalue weighted by Gasteiger charge is 2.21. The summed E-state index contributed by atoms with van der Waals surface area (Å²) in [5.41, 5.74) is 2.08. The highest BCUT2D eigenvalue weighted by atomic mass is 79.9. The number of hydrogen-bond acceptors (Lipinski definition) is 2. The second-order valence-corrected chi connectivity index (χ2v) is 7.50. The van der Waals surface area contributed by atoms with Gasteiger partial charge in [-0.1, -0.05) is 51.3 Å². The number of anilines is 1. The van der Waals surface area contributed by atoms with Crippen LogP contribution in [-0.4, -0.2) is 37.0 Å². The minimum atomic E-state index is 0.172. The van der Waals surface area contributed by atoms with Gasteiger partial charge in [0.1, 0.15) is 0 Å². The standard InChI is InChI=1S/C18H17BrCl2N2O/c19-14-3-1-13(2-4-14)11-18(24)23-9-7-22(8-10-23)15-5-6-16(20)17(21)12-15/h1-6,12H,7-11H2. The Morgan fingerprint density at radius 3 is 2.25 bits per heavy atom. The van der Waals surface area contributed by atoms with Crippen molar-refractivity contribution >= 4 is 50.7 Å². The third-order valence-electron chi connectivity index (χ3n) is 4.17. The summed E-state index contributed by atoms with van der Waals surface area (Å²) in [6, 6.07) is 13.5. The molecule has 3 rings (SSSR count). The molecule has 0 unspecified atom stereocenters. The van der Waals surface area contributed by atoms with Crippen LogP contribution in [0.25, 0.3) is 0 Å². The Kier molecular flexibility index (Phi) is 5.69. The molecular formula is C18H17BrCl2N2O. The van der Waals surface area contributed by atoms with Crippen LogP contribution < -0.4 is 4.90 Å². The molecular weight excluding hydrogens is 411 g/mol. The largest absolute Gasteiger partial charge is 0.368 e. The van der Waals surface area contributed by atoms with Gasteiger partial charge in [0.05, 0.1) is 16.5 Å². The van der Waals surface area contributed by atoms with E-state index in [1.807, 2.05) is 47.4 Å². The van der Waals surface area contributed by atoms with E-state index in [4.69, 9.17) is 23.2 Å². The average Bonchev–Trinajstić information content (AvgIpc) is 2.59. The molecule has 3 nitrogen and oxygen atoms in total. The Labute approximate surface area is 160 Å². The molecule has 1 heterocycles. The molecule has 2 aromatic carbocycles. The molecule has 1 aliphatic rings. The maximum Gasteiger partial charge on any atom is 0.227 e. The van der Waals surface area contributed by atoms with Crippen LogP contribution in [-0.2, 0) is 11.2 Å². The van der Waals surface area contributed by atoms with Crippen molar-refractivity contribution in [1.29, 1.82) is 0 Å². The first kappa shape index (κ1) is 17.6. The molecule has 0 atom stereocenters. The van der Waals surface area contributed by atoms with Crippen molar-refractivity contribution in [1.82, 2.24) is 4.90 Å². The van der Waals surface area contributed by atoms with Crippen molar-refractivity contribution in [2.45, 2.75) is 6.42 Å². The van der Waals surface area contributed by atoms with Gasteiger partial charge >= 0.3 is 0 Å². The van der Waals surface area contributed by atoms with Crippen LogP contribution in [0, 0.1) is 0 Å². The smallest absolute Gasteiger partial charge is 0.227 e. The van der Waals surface area contributed by atoms with Crippen molar-refractivity contribution in [3.63, 3.8) is 0 Å². The molecule has 0 radical (unpaired) electrons. The normalized spacial score (nSPS) is 14.8. The molecule has 0 aromatic heterocycles. The molecule has 1 saturated heterocycles. The highest BCUT2D eigenvalue weighted by Crippen LogP contribution is 2.27. The molecule has 6 heteroatoms. The highest BCUT2D eigenvalue weighted by molar-refractivity contribution is 9.10. The minimum absolute atomic E-state index is 0.172. The quantitative estimate of drug-likeness (QED) is 0.711. The van der Waals surface area contributed by atoms with Crippen molar-refractivity contribution < 1.29 is 4.79 Å². The van der Waals surface area contributed by atoms with Crippen LogP contribution >= 0.6 is 39.1 Å². The molecule has 0 N–H and O–H groups in total. The summed E-state index contributed by atoms with van der Waals surface area (Å²) in [4.78, 5) is 16.6. The lowest BCUT2D eigenvalue weighted by atomic mass is 10.1. The third-order valence-corrected chi connectivity index (χ3v) is 5.44. The second-order valence-electron chi connectivity index (χ2n) is 5.77. The van der Waals surface area contributed by atoms with Gasteiger partial charge in [-0.3, -0.25) is 4.79 Å². The number of carbonyl (C=O) groups excluding carboxylic acids is 1. The second kappa shape index (κ2) is 7.77. The fourth-order valence-corrected chi connectivity index (χ4v) is 3.34. The van der Waals surface area contributed by atoms with Gasteiger partial charge in [-0.15, -0.1) is 0 Å². The van der Waals surface area contributed by atoms with Gasteiger partial charge in [0.2, 0.25) is 5.91 Å². The fourth-order valence-electron chi connectivity index (χ4n) is 2.78. The van der Waals surface area contributed by atoms with Crippen LogP contribution in [0.5, 0.6) is 0 Å². The average molecular weight is 428 g/mol. The zero-order valence-electron chi connectivity index (χ0n) is 13.0. The molecule has 1 aliphatic heterocycles. The number of halogens is 3. The molecule has 24 heavy (non-hydrogen) atoms. The fraction of sp³-hybridized carbons (Fsp3) is 0.278. The van der Waals surface area contributed by atoms with E-state index in [-0.39, 0.29) is 5.91 Å². The van der Waals surface area contributed by atoms with E-state index < -0.39 is 0 Å². The summed E-state index contributed by atoms with van der Waals surface area (Å²) in [5, 5.41) is 1.12. The Balaban J connectivity index is 1.57. The van der Waals surface area contributed by atoms with E-state index in [0.717, 1.165) is 41.9 Å². The van der Waals surface area contributed by atoms with E-state index in [9.17, 15) is 4.79 Å². The van der Waals surface area contributed by atoms with Crippen LogP contribution in [0.3, 0.4) is 0 Å². The molecule has 2 aromatic rings. The zero-order chi connectivity index (χ0) is 17.1. The molecule has 0 aliphatic carbocycles. The summed E-state index contributed by atoms with van der Waals surface area (Å²) < 4.78 is 1.02. The van der Waals surface area contributed by atoms with E-state index in [0.29, 0.717) is 16.5 Å². The van der Waals surface area contributed by atoms with Gasteiger partial charge < -0.3 is 9.80 Å². The number of carbonyl (C=O) groups is 1. The summed E-state index contributed by atoms with van der Waals surface area (Å²) in [6.07, 6.45) is 0.444. The Morgan fingerprint density at radius 1 is 0.958 bits per heavy atom. The van der Waals surface area contributed by atoms with Gasteiger partial charge in [-0.05, 0) is 35.9 Å². The third kappa shape index (κ3) is 4.24. The van der Waals surface area contributed by atoms with Crippen molar-refractivity contribution in [3.8, 4) is 0 Å². The van der Waals surface area contributed by atoms with Gasteiger partial charge in [0.15, 0.2) is 0 Å². The number of piperazine rings is 1. The molecule has 1 fully saturated rings. The lowest BCUT2D eigenvalue weighted by Gasteiger charge is -2.36. The van der Waals surface area contributed by atoms with Crippen LogP contribution in [0.4, 0.5) is 5.69 Å². The number of hydrogen-bond donors (Lipinski definition) is 0. The molecule has 0 saturated carbocycles. The Bertz CT molecular complexity index is 728. The van der Waals surface area contributed by atoms with Crippen LogP contribution in [0.1, 0.15) is 5.56 Å².